The molecule has 0 bridgehead atoms. The molecule has 8 heteroatoms. The Morgan fingerprint density at radius 3 is 2.57 bits per heavy atom. The van der Waals surface area contributed by atoms with E-state index in [0.29, 0.717) is 11.4 Å². The molecule has 1 heterocycles. The van der Waals surface area contributed by atoms with Gasteiger partial charge in [-0.3, -0.25) is 14.4 Å². The Hall–Kier alpha value is -3.42. The van der Waals surface area contributed by atoms with E-state index in [1.165, 1.54) is 30.2 Å². The lowest BCUT2D eigenvalue weighted by Gasteiger charge is -2.17. The van der Waals surface area contributed by atoms with Crippen molar-refractivity contribution < 1.29 is 28.2 Å². The van der Waals surface area contributed by atoms with E-state index in [2.05, 4.69) is 5.32 Å². The second-order valence-electron chi connectivity index (χ2n) is 6.24. The predicted octanol–water partition coefficient (Wildman–Crippen LogP) is 2.37. The first-order valence-electron chi connectivity index (χ1n) is 8.63. The number of carbonyl (C=O) groups excluding carboxylic acids is 3. The van der Waals surface area contributed by atoms with Crippen LogP contribution in [0.2, 0.25) is 0 Å². The molecule has 2 aromatic carbocycles. The highest BCUT2D eigenvalue weighted by molar-refractivity contribution is 6.00. The average Bonchev–Trinajstić information content (AvgIpc) is 3.08. The van der Waals surface area contributed by atoms with Crippen LogP contribution >= 0.6 is 0 Å². The fourth-order valence-corrected chi connectivity index (χ4v) is 2.89. The summed E-state index contributed by atoms with van der Waals surface area (Å²) in [5.74, 6) is -2.18. The molecule has 1 atom stereocenters. The van der Waals surface area contributed by atoms with Crippen LogP contribution in [0.1, 0.15) is 6.42 Å². The molecule has 146 valence electrons. The highest BCUT2D eigenvalue weighted by Crippen LogP contribution is 2.27. The minimum Gasteiger partial charge on any atom is -0.497 e. The molecule has 0 saturated carbocycles. The van der Waals surface area contributed by atoms with E-state index in [-0.39, 0.29) is 24.6 Å². The van der Waals surface area contributed by atoms with E-state index >= 15 is 0 Å². The Morgan fingerprint density at radius 1 is 1.18 bits per heavy atom. The minimum atomic E-state index is -0.749. The molecule has 1 N–H and O–H groups in total. The van der Waals surface area contributed by atoms with E-state index in [4.69, 9.17) is 9.47 Å². The van der Waals surface area contributed by atoms with Crippen LogP contribution in [0.3, 0.4) is 0 Å². The van der Waals surface area contributed by atoms with Gasteiger partial charge in [0, 0.05) is 18.7 Å². The topological polar surface area (TPSA) is 84.9 Å². The van der Waals surface area contributed by atoms with Crippen LogP contribution in [0.4, 0.5) is 15.8 Å². The highest BCUT2D eigenvalue weighted by Gasteiger charge is 2.37. The van der Waals surface area contributed by atoms with Crippen molar-refractivity contribution in [3.63, 3.8) is 0 Å². The molecular weight excluding hydrogens is 367 g/mol. The van der Waals surface area contributed by atoms with Gasteiger partial charge < -0.3 is 19.7 Å². The number of carbonyl (C=O) groups is 3. The van der Waals surface area contributed by atoms with Gasteiger partial charge in [0.05, 0.1) is 18.7 Å². The molecule has 1 aliphatic heterocycles. The van der Waals surface area contributed by atoms with Crippen LogP contribution in [0.25, 0.3) is 0 Å². The van der Waals surface area contributed by atoms with Crippen molar-refractivity contribution in [2.24, 2.45) is 5.92 Å². The molecule has 3 rings (SSSR count). The van der Waals surface area contributed by atoms with Crippen molar-refractivity contribution in [1.82, 2.24) is 0 Å². The third-order valence-corrected chi connectivity index (χ3v) is 4.32. The van der Waals surface area contributed by atoms with Crippen LogP contribution in [0.15, 0.2) is 48.5 Å². The van der Waals surface area contributed by atoms with E-state index in [9.17, 15) is 18.8 Å². The van der Waals surface area contributed by atoms with Gasteiger partial charge in [0.1, 0.15) is 11.6 Å². The van der Waals surface area contributed by atoms with Crippen molar-refractivity contribution in [3.05, 3.63) is 54.3 Å². The molecule has 0 radical (unpaired) electrons. The molecule has 1 fully saturated rings. The highest BCUT2D eigenvalue weighted by atomic mass is 19.1. The van der Waals surface area contributed by atoms with Crippen LogP contribution in [-0.4, -0.2) is 38.0 Å². The van der Waals surface area contributed by atoms with Crippen molar-refractivity contribution in [1.29, 1.82) is 0 Å². The Labute approximate surface area is 161 Å². The van der Waals surface area contributed by atoms with Gasteiger partial charge in [-0.2, -0.15) is 0 Å². The molecule has 1 saturated heterocycles. The number of anilines is 2. The summed E-state index contributed by atoms with van der Waals surface area (Å²) in [5, 5.41) is 2.59. The van der Waals surface area contributed by atoms with Gasteiger partial charge >= 0.3 is 5.97 Å². The SMILES string of the molecule is COc1ccc(NC(=O)COC(=O)[C@@H]2CC(=O)N(c3ccccc3F)C2)cc1. The summed E-state index contributed by atoms with van der Waals surface area (Å²) in [6.45, 7) is -0.464. The maximum absolute atomic E-state index is 13.9. The molecule has 28 heavy (non-hydrogen) atoms. The third kappa shape index (κ3) is 4.46. The summed E-state index contributed by atoms with van der Waals surface area (Å²) < 4.78 is 23.9. The number of nitrogens with zero attached hydrogens (tertiary/aromatic N) is 1. The quantitative estimate of drug-likeness (QED) is 0.771. The summed E-state index contributed by atoms with van der Waals surface area (Å²) in [6.07, 6.45) is -0.0900. The summed E-state index contributed by atoms with van der Waals surface area (Å²) >= 11 is 0. The number of nitrogens with one attached hydrogen (secondary N) is 1. The number of amides is 2. The Bertz CT molecular complexity index is 884. The molecule has 0 aliphatic carbocycles. The number of benzene rings is 2. The van der Waals surface area contributed by atoms with E-state index in [1.807, 2.05) is 0 Å². The first kappa shape index (κ1) is 19.3. The van der Waals surface area contributed by atoms with Crippen LogP contribution in [0.5, 0.6) is 5.75 Å². The van der Waals surface area contributed by atoms with Gasteiger partial charge in [-0.15, -0.1) is 0 Å². The standard InChI is InChI=1S/C20H19FN2O5/c1-27-15-8-6-14(7-9-15)22-18(24)12-28-20(26)13-10-19(25)23(11-13)17-5-3-2-4-16(17)21/h2-9,13H,10-12H2,1H3,(H,22,24)/t13-/m1/s1. The first-order valence-corrected chi connectivity index (χ1v) is 8.63. The van der Waals surface area contributed by atoms with Crippen molar-refractivity contribution in [2.75, 3.05) is 30.5 Å². The second-order valence-corrected chi connectivity index (χ2v) is 6.24. The number of hydrogen-bond acceptors (Lipinski definition) is 5. The second kappa shape index (κ2) is 8.51. The predicted molar refractivity (Wildman–Crippen MR) is 99.4 cm³/mol. The van der Waals surface area contributed by atoms with Gasteiger partial charge in [-0.05, 0) is 36.4 Å². The maximum Gasteiger partial charge on any atom is 0.311 e. The normalized spacial score (nSPS) is 16.0. The molecule has 2 aromatic rings. The van der Waals surface area contributed by atoms with Crippen LogP contribution in [-0.2, 0) is 19.1 Å². The van der Waals surface area contributed by atoms with Crippen LogP contribution < -0.4 is 15.0 Å². The zero-order chi connectivity index (χ0) is 20.1. The lowest BCUT2D eigenvalue weighted by Crippen LogP contribution is -2.28. The Kier molecular flexibility index (Phi) is 5.88. The zero-order valence-electron chi connectivity index (χ0n) is 15.2. The number of ether oxygens (including phenoxy) is 2. The molecular formula is C20H19FN2O5. The van der Waals surface area contributed by atoms with Crippen LogP contribution in [0, 0.1) is 11.7 Å². The molecule has 0 spiro atoms. The zero-order valence-corrected chi connectivity index (χ0v) is 15.2. The van der Waals surface area contributed by atoms with E-state index in [1.54, 1.807) is 30.3 Å². The van der Waals surface area contributed by atoms with Crippen molar-refractivity contribution in [3.8, 4) is 5.75 Å². The Morgan fingerprint density at radius 2 is 1.89 bits per heavy atom. The summed E-state index contributed by atoms with van der Waals surface area (Å²) in [7, 11) is 1.54. The lowest BCUT2D eigenvalue weighted by atomic mass is 10.1. The molecule has 1 aliphatic rings. The average molecular weight is 386 g/mol. The fraction of sp³-hybridized carbons (Fsp3) is 0.250. The summed E-state index contributed by atoms with van der Waals surface area (Å²) in [4.78, 5) is 37.5. The number of para-hydroxylation sites is 1. The Balaban J connectivity index is 1.51. The van der Waals surface area contributed by atoms with Gasteiger partial charge in [-0.1, -0.05) is 12.1 Å². The van der Waals surface area contributed by atoms with Gasteiger partial charge in [0.25, 0.3) is 5.91 Å². The van der Waals surface area contributed by atoms with E-state index < -0.39 is 30.2 Å². The number of methoxy groups -OCH3 is 1. The largest absolute Gasteiger partial charge is 0.497 e. The van der Waals surface area contributed by atoms with Gasteiger partial charge in [0.15, 0.2) is 6.61 Å². The van der Waals surface area contributed by atoms with E-state index in [0.717, 1.165) is 0 Å². The van der Waals surface area contributed by atoms with Gasteiger partial charge in [0.2, 0.25) is 5.91 Å². The van der Waals surface area contributed by atoms with Crippen molar-refractivity contribution >= 4 is 29.2 Å². The smallest absolute Gasteiger partial charge is 0.311 e. The van der Waals surface area contributed by atoms with Crippen molar-refractivity contribution in [2.45, 2.75) is 6.42 Å². The number of halogens is 1. The monoisotopic (exact) mass is 386 g/mol. The molecule has 0 unspecified atom stereocenters. The maximum atomic E-state index is 13.9. The summed E-state index contributed by atoms with van der Waals surface area (Å²) in [6, 6.07) is 12.5. The summed E-state index contributed by atoms with van der Waals surface area (Å²) in [5.41, 5.74) is 0.656. The molecule has 7 nitrogen and oxygen atoms in total. The first-order chi connectivity index (χ1) is 13.5. The number of esters is 1. The number of hydrogen-bond donors (Lipinski definition) is 1. The number of rotatable bonds is 6. The fourth-order valence-electron chi connectivity index (χ4n) is 2.89. The molecule has 0 aromatic heterocycles. The third-order valence-electron chi connectivity index (χ3n) is 4.32. The molecule has 2 amide bonds. The lowest BCUT2D eigenvalue weighted by molar-refractivity contribution is -0.151. The van der Waals surface area contributed by atoms with Gasteiger partial charge in [-0.25, -0.2) is 4.39 Å². The minimum absolute atomic E-state index is 0.0126.